The third-order valence-electron chi connectivity index (χ3n) is 4.64. The van der Waals surface area contributed by atoms with Crippen LogP contribution in [0.5, 0.6) is 0 Å². The Kier molecular flexibility index (Phi) is 5.82. The molecule has 9 nitrogen and oxygen atoms in total. The number of carbonyl (C=O) groups is 1. The summed E-state index contributed by atoms with van der Waals surface area (Å²) in [5, 5.41) is 14.1. The Labute approximate surface area is 185 Å². The third-order valence-corrected chi connectivity index (χ3v) is 4.64. The number of benzene rings is 1. The topological polar surface area (TPSA) is 104 Å². The van der Waals surface area contributed by atoms with Crippen LogP contribution in [0.4, 0.5) is 29.5 Å². The number of carbonyl (C=O) groups excluding carboxylic acids is 1. The second kappa shape index (κ2) is 8.73. The molecule has 0 saturated heterocycles. The number of hydrogen-bond donors (Lipinski definition) is 1. The molecule has 4 rings (SSSR count). The number of pyridine rings is 1. The molecule has 170 valence electrons. The van der Waals surface area contributed by atoms with Crippen molar-refractivity contribution in [3.05, 3.63) is 77.3 Å². The van der Waals surface area contributed by atoms with Crippen molar-refractivity contribution in [1.29, 1.82) is 0 Å². The highest BCUT2D eigenvalue weighted by Gasteiger charge is 2.32. The van der Waals surface area contributed by atoms with Crippen LogP contribution in [0, 0.1) is 6.92 Å². The largest absolute Gasteiger partial charge is 0.433 e. The lowest BCUT2D eigenvalue weighted by atomic mass is 10.1. The van der Waals surface area contributed by atoms with Gasteiger partial charge in [0.25, 0.3) is 0 Å². The van der Waals surface area contributed by atoms with E-state index in [1.807, 2.05) is 44.4 Å². The number of hydrogen-bond acceptors (Lipinski definition) is 5. The molecular weight excluding hydrogens is 439 g/mol. The molecule has 0 saturated carbocycles. The molecular formula is C21H18F3N7O2. The lowest BCUT2D eigenvalue weighted by Gasteiger charge is -2.14. The number of nitrogens with one attached hydrogen (secondary N) is 1. The molecule has 0 atom stereocenters. The predicted molar refractivity (Wildman–Crippen MR) is 110 cm³/mol. The van der Waals surface area contributed by atoms with E-state index >= 15 is 0 Å². The maximum absolute atomic E-state index is 12.7. The van der Waals surface area contributed by atoms with Crippen molar-refractivity contribution >= 4 is 17.6 Å². The summed E-state index contributed by atoms with van der Waals surface area (Å²) in [6.07, 6.45) is -0.316. The fraction of sp³-hybridized carbons (Fsp3) is 0.190. The van der Waals surface area contributed by atoms with Crippen molar-refractivity contribution in [3.63, 3.8) is 0 Å². The van der Waals surface area contributed by atoms with Crippen LogP contribution < -0.4 is 10.00 Å². The summed E-state index contributed by atoms with van der Waals surface area (Å²) >= 11 is 0. The van der Waals surface area contributed by atoms with Crippen molar-refractivity contribution in [2.75, 3.05) is 5.32 Å². The number of aromatic nitrogens is 5. The smallest absolute Gasteiger partial charge is 0.424 e. The van der Waals surface area contributed by atoms with E-state index in [1.165, 1.54) is 16.9 Å². The molecule has 2 amide bonds. The van der Waals surface area contributed by atoms with Gasteiger partial charge in [-0.1, -0.05) is 24.3 Å². The molecule has 33 heavy (non-hydrogen) atoms. The van der Waals surface area contributed by atoms with E-state index in [2.05, 4.69) is 26.0 Å². The van der Waals surface area contributed by atoms with Gasteiger partial charge in [-0.2, -0.15) is 18.3 Å². The van der Waals surface area contributed by atoms with Crippen LogP contribution in [0.25, 0.3) is 16.4 Å². The Morgan fingerprint density at radius 2 is 2.00 bits per heavy atom. The average Bonchev–Trinajstić information content (AvgIpc) is 3.33. The number of halogens is 3. The van der Waals surface area contributed by atoms with Crippen LogP contribution >= 0.6 is 0 Å². The Balaban J connectivity index is 1.36. The van der Waals surface area contributed by atoms with E-state index in [0.29, 0.717) is 12.6 Å². The molecule has 0 fully saturated rings. The number of urea groups is 1. The summed E-state index contributed by atoms with van der Waals surface area (Å²) in [6.45, 7) is 2.31. The Morgan fingerprint density at radius 3 is 2.67 bits per heavy atom. The molecule has 1 N–H and O–H groups in total. The second-order valence-corrected chi connectivity index (χ2v) is 7.21. The first-order valence-corrected chi connectivity index (χ1v) is 9.69. The SMILES string of the molecule is Cc1nn(C)cc1-c1ccc(C[n+]2cc([N-]C(=O)Nc3ccnc(C(F)(F)F)c3)on2)cc1. The van der Waals surface area contributed by atoms with E-state index in [-0.39, 0.29) is 11.6 Å². The van der Waals surface area contributed by atoms with Crippen LogP contribution in [-0.4, -0.2) is 26.1 Å². The first kappa shape index (κ1) is 22.0. The second-order valence-electron chi connectivity index (χ2n) is 7.21. The van der Waals surface area contributed by atoms with Crippen molar-refractivity contribution in [2.24, 2.45) is 7.05 Å². The first-order chi connectivity index (χ1) is 15.7. The van der Waals surface area contributed by atoms with E-state index < -0.39 is 17.9 Å². The van der Waals surface area contributed by atoms with Gasteiger partial charge in [0, 0.05) is 30.6 Å². The van der Waals surface area contributed by atoms with Gasteiger partial charge < -0.3 is 15.2 Å². The average molecular weight is 457 g/mol. The van der Waals surface area contributed by atoms with Gasteiger partial charge >= 0.3 is 6.18 Å². The molecule has 0 bridgehead atoms. The Bertz CT molecular complexity index is 1280. The van der Waals surface area contributed by atoms with Crippen molar-refractivity contribution in [3.8, 4) is 11.1 Å². The summed E-state index contributed by atoms with van der Waals surface area (Å²) < 4.78 is 46.4. The molecule has 1 aromatic carbocycles. The van der Waals surface area contributed by atoms with Gasteiger partial charge in [-0.3, -0.25) is 14.5 Å². The van der Waals surface area contributed by atoms with Gasteiger partial charge in [0.05, 0.1) is 5.69 Å². The summed E-state index contributed by atoms with van der Waals surface area (Å²) in [6, 6.07) is 8.85. The number of amides is 2. The fourth-order valence-corrected chi connectivity index (χ4v) is 3.17. The maximum Gasteiger partial charge on any atom is 0.433 e. The minimum atomic E-state index is -4.62. The van der Waals surface area contributed by atoms with Crippen LogP contribution in [0.1, 0.15) is 17.0 Å². The van der Waals surface area contributed by atoms with E-state index in [0.717, 1.165) is 28.6 Å². The standard InChI is InChI=1S/C21H18F3N7O2/c1-13-17(11-30(2)28-13)15-5-3-14(4-6-15)10-31-12-19(33-29-31)27-20(32)26-16-7-8-25-18(9-16)21(22,23)24/h3-9,11-12H,10H2,1-2H3,(H-,25,26,27,29,32). The zero-order chi connectivity index (χ0) is 23.6. The molecule has 3 heterocycles. The number of nitrogens with zero attached hydrogens (tertiary/aromatic N) is 6. The third kappa shape index (κ3) is 5.34. The summed E-state index contributed by atoms with van der Waals surface area (Å²) in [5.41, 5.74) is 2.73. The molecule has 0 aliphatic carbocycles. The van der Waals surface area contributed by atoms with Crippen LogP contribution in [-0.2, 0) is 19.8 Å². The van der Waals surface area contributed by atoms with E-state index in [9.17, 15) is 18.0 Å². The van der Waals surface area contributed by atoms with Gasteiger partial charge in [-0.05, 0) is 35.0 Å². The van der Waals surface area contributed by atoms with Crippen molar-refractivity contribution in [2.45, 2.75) is 19.6 Å². The molecule has 0 unspecified atom stereocenters. The molecule has 12 heteroatoms. The van der Waals surface area contributed by atoms with Crippen LogP contribution in [0.15, 0.2) is 59.5 Å². The maximum atomic E-state index is 12.7. The lowest BCUT2D eigenvalue weighted by Crippen LogP contribution is -2.35. The number of anilines is 1. The summed E-state index contributed by atoms with van der Waals surface area (Å²) in [4.78, 5) is 15.3. The van der Waals surface area contributed by atoms with Gasteiger partial charge in [0.1, 0.15) is 5.69 Å². The van der Waals surface area contributed by atoms with Crippen molar-refractivity contribution < 1.29 is 27.2 Å². The normalized spacial score (nSPS) is 11.4. The van der Waals surface area contributed by atoms with E-state index in [1.54, 1.807) is 4.68 Å². The molecule has 0 aliphatic rings. The zero-order valence-corrected chi connectivity index (χ0v) is 17.5. The monoisotopic (exact) mass is 457 g/mol. The molecule has 0 aliphatic heterocycles. The van der Waals surface area contributed by atoms with Gasteiger partial charge in [0.15, 0.2) is 11.3 Å². The highest BCUT2D eigenvalue weighted by Crippen LogP contribution is 2.29. The van der Waals surface area contributed by atoms with Gasteiger partial charge in [0.2, 0.25) is 18.6 Å². The van der Waals surface area contributed by atoms with Crippen molar-refractivity contribution in [1.82, 2.24) is 20.0 Å². The Morgan fingerprint density at radius 1 is 1.24 bits per heavy atom. The number of aryl methyl sites for hydroxylation is 2. The van der Waals surface area contributed by atoms with E-state index in [4.69, 9.17) is 4.52 Å². The number of rotatable bonds is 5. The van der Waals surface area contributed by atoms with Gasteiger partial charge in [-0.15, -0.1) is 0 Å². The molecule has 0 spiro atoms. The first-order valence-electron chi connectivity index (χ1n) is 9.69. The summed E-state index contributed by atoms with van der Waals surface area (Å²) in [5.74, 6) is -0.0970. The molecule has 0 radical (unpaired) electrons. The predicted octanol–water partition coefficient (Wildman–Crippen LogP) is 4.37. The number of alkyl halides is 3. The van der Waals surface area contributed by atoms with Gasteiger partial charge in [-0.25, -0.2) is 0 Å². The molecule has 3 aromatic heterocycles. The minimum absolute atomic E-state index is 0.0950. The minimum Gasteiger partial charge on any atom is -0.424 e. The quantitative estimate of drug-likeness (QED) is 0.448. The highest BCUT2D eigenvalue weighted by atomic mass is 19.4. The Hall–Kier alpha value is -4.22. The van der Waals surface area contributed by atoms with Crippen LogP contribution in [0.3, 0.4) is 0 Å². The lowest BCUT2D eigenvalue weighted by molar-refractivity contribution is -0.754. The molecule has 4 aromatic rings. The van der Waals surface area contributed by atoms with Crippen LogP contribution in [0.2, 0.25) is 0 Å². The highest BCUT2D eigenvalue weighted by molar-refractivity contribution is 6.03. The summed E-state index contributed by atoms with van der Waals surface area (Å²) in [7, 11) is 1.87. The zero-order valence-electron chi connectivity index (χ0n) is 17.5. The fourth-order valence-electron chi connectivity index (χ4n) is 3.17.